The van der Waals surface area contributed by atoms with Crippen LogP contribution in [0.4, 0.5) is 11.6 Å². The largest absolute Gasteiger partial charge is 0.497 e. The smallest absolute Gasteiger partial charge is 0.227 e. The van der Waals surface area contributed by atoms with E-state index in [1.807, 2.05) is 12.1 Å². The number of methoxy groups -OCH3 is 3. The number of hydrogen-bond donors (Lipinski definition) is 1. The van der Waals surface area contributed by atoms with Gasteiger partial charge in [-0.25, -0.2) is 9.97 Å². The van der Waals surface area contributed by atoms with Crippen LogP contribution in [0.1, 0.15) is 5.56 Å². The fourth-order valence-corrected chi connectivity index (χ4v) is 2.55. The van der Waals surface area contributed by atoms with Gasteiger partial charge in [-0.15, -0.1) is 0 Å². The van der Waals surface area contributed by atoms with Gasteiger partial charge >= 0.3 is 0 Å². The van der Waals surface area contributed by atoms with Gasteiger partial charge in [-0.1, -0.05) is 0 Å². The number of ether oxygens (including phenoxy) is 3. The number of hydrogen-bond acceptors (Lipinski definition) is 7. The summed E-state index contributed by atoms with van der Waals surface area (Å²) < 4.78 is 15.8. The molecule has 3 aromatic rings. The minimum absolute atomic E-state index is 0.418. The van der Waals surface area contributed by atoms with Gasteiger partial charge in [0.2, 0.25) is 5.95 Å². The number of rotatable bonds is 6. The number of anilines is 2. The third-order valence-corrected chi connectivity index (χ3v) is 3.86. The van der Waals surface area contributed by atoms with Crippen LogP contribution in [0.3, 0.4) is 0 Å². The van der Waals surface area contributed by atoms with Crippen LogP contribution in [0.5, 0.6) is 17.2 Å². The second-order valence-electron chi connectivity index (χ2n) is 5.52. The maximum absolute atomic E-state index is 9.20. The lowest BCUT2D eigenvalue weighted by Crippen LogP contribution is -1.99. The molecule has 0 saturated carbocycles. The summed E-state index contributed by atoms with van der Waals surface area (Å²) in [6.07, 6.45) is 1.65. The van der Waals surface area contributed by atoms with E-state index in [4.69, 9.17) is 14.2 Å². The van der Waals surface area contributed by atoms with Crippen LogP contribution < -0.4 is 19.5 Å². The third-order valence-electron chi connectivity index (χ3n) is 3.86. The molecule has 1 N–H and O–H groups in total. The molecule has 0 bridgehead atoms. The van der Waals surface area contributed by atoms with Gasteiger partial charge in [0.1, 0.15) is 5.75 Å². The molecule has 1 heterocycles. The average molecular weight is 362 g/mol. The van der Waals surface area contributed by atoms with E-state index in [-0.39, 0.29) is 0 Å². The van der Waals surface area contributed by atoms with Crippen molar-refractivity contribution in [1.29, 1.82) is 5.26 Å². The van der Waals surface area contributed by atoms with Crippen LogP contribution >= 0.6 is 0 Å². The number of aromatic nitrogens is 2. The Morgan fingerprint density at radius 1 is 0.926 bits per heavy atom. The minimum Gasteiger partial charge on any atom is -0.497 e. The van der Waals surface area contributed by atoms with E-state index in [0.717, 1.165) is 11.3 Å². The number of nitriles is 1. The summed E-state index contributed by atoms with van der Waals surface area (Å²) in [5.74, 6) is 2.25. The zero-order chi connectivity index (χ0) is 19.2. The van der Waals surface area contributed by atoms with Gasteiger partial charge in [-0.3, -0.25) is 0 Å². The number of nitrogens with one attached hydrogen (secondary N) is 1. The summed E-state index contributed by atoms with van der Waals surface area (Å²) in [5.41, 5.74) is 2.69. The normalized spacial score (nSPS) is 10.0. The first-order chi connectivity index (χ1) is 13.2. The predicted octanol–water partition coefficient (Wildman–Crippen LogP) is 3.78. The molecule has 0 unspecified atom stereocenters. The Morgan fingerprint density at radius 2 is 1.74 bits per heavy atom. The van der Waals surface area contributed by atoms with E-state index in [1.54, 1.807) is 57.9 Å². The molecule has 0 aliphatic rings. The van der Waals surface area contributed by atoms with Gasteiger partial charge < -0.3 is 19.5 Å². The maximum Gasteiger partial charge on any atom is 0.227 e. The van der Waals surface area contributed by atoms with E-state index in [0.29, 0.717) is 34.5 Å². The summed E-state index contributed by atoms with van der Waals surface area (Å²) in [6, 6.07) is 14.6. The third kappa shape index (κ3) is 4.07. The summed E-state index contributed by atoms with van der Waals surface area (Å²) >= 11 is 0. The highest BCUT2D eigenvalue weighted by Gasteiger charge is 2.09. The maximum atomic E-state index is 9.20. The van der Waals surface area contributed by atoms with Crippen LogP contribution in [-0.2, 0) is 0 Å². The van der Waals surface area contributed by atoms with Gasteiger partial charge in [0.25, 0.3) is 0 Å². The number of benzene rings is 2. The Morgan fingerprint density at radius 3 is 2.44 bits per heavy atom. The van der Waals surface area contributed by atoms with Gasteiger partial charge in [0, 0.05) is 23.5 Å². The molecule has 0 aliphatic heterocycles. The minimum atomic E-state index is 0.418. The second-order valence-corrected chi connectivity index (χ2v) is 5.52. The van der Waals surface area contributed by atoms with Crippen LogP contribution in [-0.4, -0.2) is 31.3 Å². The van der Waals surface area contributed by atoms with Gasteiger partial charge in [0.15, 0.2) is 11.5 Å². The molecule has 7 heteroatoms. The Hall–Kier alpha value is -3.79. The fourth-order valence-electron chi connectivity index (χ4n) is 2.55. The van der Waals surface area contributed by atoms with Crippen molar-refractivity contribution in [2.75, 3.05) is 26.6 Å². The molecule has 136 valence electrons. The van der Waals surface area contributed by atoms with Crippen molar-refractivity contribution in [2.24, 2.45) is 0 Å². The predicted molar refractivity (Wildman–Crippen MR) is 102 cm³/mol. The Labute approximate surface area is 157 Å². The first-order valence-corrected chi connectivity index (χ1v) is 8.08. The molecule has 0 atom stereocenters. The van der Waals surface area contributed by atoms with E-state index < -0.39 is 0 Å². The fraction of sp³-hybridized carbons (Fsp3) is 0.150. The van der Waals surface area contributed by atoms with Crippen molar-refractivity contribution >= 4 is 11.6 Å². The highest BCUT2D eigenvalue weighted by Crippen LogP contribution is 2.31. The molecule has 3 rings (SSSR count). The second kappa shape index (κ2) is 8.06. The zero-order valence-corrected chi connectivity index (χ0v) is 15.2. The molecule has 0 amide bonds. The molecule has 2 aromatic carbocycles. The Balaban J connectivity index is 1.92. The van der Waals surface area contributed by atoms with Crippen molar-refractivity contribution in [3.05, 3.63) is 54.2 Å². The molecule has 0 spiro atoms. The lowest BCUT2D eigenvalue weighted by molar-refractivity contribution is 0.355. The van der Waals surface area contributed by atoms with E-state index >= 15 is 0 Å². The Kier molecular flexibility index (Phi) is 5.38. The van der Waals surface area contributed by atoms with Crippen LogP contribution in [0.25, 0.3) is 11.3 Å². The zero-order valence-electron chi connectivity index (χ0n) is 15.2. The standard InChI is InChI=1S/C20H18N4O3/c1-25-16-9-13(12-21)8-14(10-16)17-6-7-22-20(24-17)23-15-4-5-18(26-2)19(11-15)27-3/h4-11H,1-3H3,(H,22,23,24). The summed E-state index contributed by atoms with van der Waals surface area (Å²) in [7, 11) is 4.72. The topological polar surface area (TPSA) is 89.3 Å². The highest BCUT2D eigenvalue weighted by molar-refractivity contribution is 5.66. The summed E-state index contributed by atoms with van der Waals surface area (Å²) in [4.78, 5) is 8.78. The van der Waals surface area contributed by atoms with Crippen LogP contribution in [0.15, 0.2) is 48.7 Å². The first kappa shape index (κ1) is 18.0. The van der Waals surface area contributed by atoms with Gasteiger partial charge in [-0.2, -0.15) is 5.26 Å². The van der Waals surface area contributed by atoms with Crippen molar-refractivity contribution in [3.8, 4) is 34.6 Å². The molecule has 0 saturated heterocycles. The van der Waals surface area contributed by atoms with E-state index in [2.05, 4.69) is 21.4 Å². The first-order valence-electron chi connectivity index (χ1n) is 8.08. The van der Waals surface area contributed by atoms with Crippen LogP contribution in [0.2, 0.25) is 0 Å². The summed E-state index contributed by atoms with van der Waals surface area (Å²) in [6.45, 7) is 0. The molecule has 0 radical (unpaired) electrons. The van der Waals surface area contributed by atoms with Crippen molar-refractivity contribution < 1.29 is 14.2 Å². The monoisotopic (exact) mass is 362 g/mol. The van der Waals surface area contributed by atoms with Crippen molar-refractivity contribution in [1.82, 2.24) is 9.97 Å². The Bertz CT molecular complexity index is 999. The lowest BCUT2D eigenvalue weighted by atomic mass is 10.1. The molecule has 0 aliphatic carbocycles. The van der Waals surface area contributed by atoms with Crippen molar-refractivity contribution in [2.45, 2.75) is 0 Å². The lowest BCUT2D eigenvalue weighted by Gasteiger charge is -2.11. The van der Waals surface area contributed by atoms with Gasteiger partial charge in [-0.05, 0) is 36.4 Å². The molecule has 0 fully saturated rings. The molecular formula is C20H18N4O3. The van der Waals surface area contributed by atoms with Crippen molar-refractivity contribution in [3.63, 3.8) is 0 Å². The average Bonchev–Trinajstić information content (AvgIpc) is 2.73. The molecule has 7 nitrogen and oxygen atoms in total. The van der Waals surface area contributed by atoms with Crippen LogP contribution in [0, 0.1) is 11.3 Å². The summed E-state index contributed by atoms with van der Waals surface area (Å²) in [5, 5.41) is 12.3. The van der Waals surface area contributed by atoms with E-state index in [1.165, 1.54) is 0 Å². The SMILES string of the molecule is COc1cc(C#N)cc(-c2ccnc(Nc3ccc(OC)c(OC)c3)n2)c1. The van der Waals surface area contributed by atoms with E-state index in [9.17, 15) is 5.26 Å². The molecular weight excluding hydrogens is 344 g/mol. The molecule has 27 heavy (non-hydrogen) atoms. The number of nitrogens with zero attached hydrogens (tertiary/aromatic N) is 3. The highest BCUT2D eigenvalue weighted by atomic mass is 16.5. The molecule has 1 aromatic heterocycles. The quantitative estimate of drug-likeness (QED) is 0.713. The van der Waals surface area contributed by atoms with Gasteiger partial charge in [0.05, 0.1) is 38.7 Å².